The maximum Gasteiger partial charge on any atom is 0.233 e. The van der Waals surface area contributed by atoms with Gasteiger partial charge in [0.1, 0.15) is 17.4 Å². The Bertz CT molecular complexity index is 1380. The van der Waals surface area contributed by atoms with Crippen LogP contribution < -0.4 is 9.64 Å². The highest BCUT2D eigenvalue weighted by Crippen LogP contribution is 2.37. The SMILES string of the molecule is COc1ccc(C(O)c2cc(-c3cnnc4c(F)c(N5CCOCC5)ccc34)c(F)cc2Cl)nn1. The van der Waals surface area contributed by atoms with Gasteiger partial charge in [-0.15, -0.1) is 15.3 Å². The third kappa shape index (κ3) is 4.36. The van der Waals surface area contributed by atoms with Crippen LogP contribution in [0.5, 0.6) is 5.88 Å². The molecular formula is C24H20ClF2N5O3. The molecule has 0 saturated carbocycles. The Morgan fingerprint density at radius 1 is 1.06 bits per heavy atom. The summed E-state index contributed by atoms with van der Waals surface area (Å²) in [6, 6.07) is 8.90. The van der Waals surface area contributed by atoms with Gasteiger partial charge in [0.15, 0.2) is 5.82 Å². The van der Waals surface area contributed by atoms with Crippen LogP contribution in [-0.2, 0) is 4.74 Å². The molecule has 11 heteroatoms. The number of morpholine rings is 1. The highest BCUT2D eigenvalue weighted by molar-refractivity contribution is 6.31. The first-order valence-corrected chi connectivity index (χ1v) is 11.2. The third-order valence-corrected chi connectivity index (χ3v) is 6.23. The molecule has 0 bridgehead atoms. The zero-order chi connectivity index (χ0) is 24.5. The Hall–Kier alpha value is -3.47. The lowest BCUT2D eigenvalue weighted by molar-refractivity contribution is 0.122. The van der Waals surface area contributed by atoms with Gasteiger partial charge in [-0.25, -0.2) is 8.78 Å². The van der Waals surface area contributed by atoms with Crippen molar-refractivity contribution in [3.05, 3.63) is 70.5 Å². The van der Waals surface area contributed by atoms with Gasteiger partial charge in [0.2, 0.25) is 5.88 Å². The van der Waals surface area contributed by atoms with E-state index in [1.165, 1.54) is 25.4 Å². The van der Waals surface area contributed by atoms with Crippen molar-refractivity contribution in [1.82, 2.24) is 20.4 Å². The predicted octanol–water partition coefficient (Wildman–Crippen LogP) is 3.95. The molecule has 0 aliphatic carbocycles. The molecule has 35 heavy (non-hydrogen) atoms. The fourth-order valence-corrected chi connectivity index (χ4v) is 4.33. The van der Waals surface area contributed by atoms with Crippen molar-refractivity contribution in [3.63, 3.8) is 0 Å². The van der Waals surface area contributed by atoms with E-state index in [0.29, 0.717) is 42.9 Å². The van der Waals surface area contributed by atoms with Gasteiger partial charge in [0.05, 0.1) is 37.9 Å². The zero-order valence-corrected chi connectivity index (χ0v) is 19.3. The Balaban J connectivity index is 1.59. The average Bonchev–Trinajstić information content (AvgIpc) is 2.89. The largest absolute Gasteiger partial charge is 0.480 e. The number of hydrogen-bond donors (Lipinski definition) is 1. The molecular weight excluding hydrogens is 480 g/mol. The van der Waals surface area contributed by atoms with Crippen LogP contribution >= 0.6 is 11.6 Å². The van der Waals surface area contributed by atoms with Gasteiger partial charge in [-0.1, -0.05) is 11.6 Å². The molecule has 1 unspecified atom stereocenters. The van der Waals surface area contributed by atoms with Gasteiger partial charge in [0.25, 0.3) is 0 Å². The summed E-state index contributed by atoms with van der Waals surface area (Å²) < 4.78 is 40.9. The van der Waals surface area contributed by atoms with Gasteiger partial charge < -0.3 is 19.5 Å². The average molecular weight is 500 g/mol. The highest BCUT2D eigenvalue weighted by Gasteiger charge is 2.23. The number of aromatic nitrogens is 4. The molecule has 1 aliphatic rings. The van der Waals surface area contributed by atoms with Crippen molar-refractivity contribution in [3.8, 4) is 17.0 Å². The monoisotopic (exact) mass is 499 g/mol. The number of methoxy groups -OCH3 is 1. The Morgan fingerprint density at radius 2 is 1.86 bits per heavy atom. The number of halogens is 3. The van der Waals surface area contributed by atoms with E-state index in [2.05, 4.69) is 20.4 Å². The molecule has 2 aromatic heterocycles. The van der Waals surface area contributed by atoms with Crippen LogP contribution in [0.15, 0.2) is 42.6 Å². The van der Waals surface area contributed by atoms with Crippen molar-refractivity contribution in [2.24, 2.45) is 0 Å². The molecule has 1 fully saturated rings. The van der Waals surface area contributed by atoms with Gasteiger partial charge in [-0.2, -0.15) is 5.10 Å². The van der Waals surface area contributed by atoms with E-state index in [0.717, 1.165) is 6.07 Å². The first-order valence-electron chi connectivity index (χ1n) is 10.8. The number of rotatable bonds is 5. The number of aliphatic hydroxyl groups excluding tert-OH is 1. The third-order valence-electron chi connectivity index (χ3n) is 5.90. The van der Waals surface area contributed by atoms with Gasteiger partial charge in [-0.3, -0.25) is 0 Å². The summed E-state index contributed by atoms with van der Waals surface area (Å²) >= 11 is 6.27. The minimum atomic E-state index is -1.29. The first-order chi connectivity index (χ1) is 17.0. The van der Waals surface area contributed by atoms with E-state index in [-0.39, 0.29) is 33.2 Å². The molecule has 2 aromatic carbocycles. The molecule has 3 heterocycles. The number of nitrogens with zero attached hydrogens (tertiary/aromatic N) is 5. The summed E-state index contributed by atoms with van der Waals surface area (Å²) in [6.07, 6.45) is 0.0669. The van der Waals surface area contributed by atoms with Crippen LogP contribution in [0.4, 0.5) is 14.5 Å². The maximum absolute atomic E-state index is 15.4. The molecule has 1 N–H and O–H groups in total. The van der Waals surface area contributed by atoms with Crippen molar-refractivity contribution >= 4 is 28.2 Å². The summed E-state index contributed by atoms with van der Waals surface area (Å²) in [5, 5.41) is 27.0. The highest BCUT2D eigenvalue weighted by atomic mass is 35.5. The van der Waals surface area contributed by atoms with E-state index in [9.17, 15) is 5.11 Å². The summed E-state index contributed by atoms with van der Waals surface area (Å²) in [7, 11) is 1.45. The number of benzene rings is 2. The van der Waals surface area contributed by atoms with Gasteiger partial charge >= 0.3 is 0 Å². The smallest absolute Gasteiger partial charge is 0.233 e. The van der Waals surface area contributed by atoms with E-state index < -0.39 is 17.7 Å². The van der Waals surface area contributed by atoms with E-state index in [4.69, 9.17) is 21.1 Å². The Labute approximate surface area is 204 Å². The van der Waals surface area contributed by atoms with Crippen LogP contribution in [0.1, 0.15) is 17.4 Å². The standard InChI is InChI=1S/C24H20ClF2N5O3/c1-34-21-5-3-19(29-30-21)24(33)15-10-14(18(26)11-17(15)25)16-12-28-31-23-13(16)2-4-20(22(23)27)32-6-8-35-9-7-32/h2-5,10-12,24,33H,6-9H2,1H3. The second-order valence-corrected chi connectivity index (χ2v) is 8.32. The molecule has 8 nitrogen and oxygen atoms in total. The molecule has 0 amide bonds. The van der Waals surface area contributed by atoms with Crippen LogP contribution in [0.25, 0.3) is 22.0 Å². The van der Waals surface area contributed by atoms with Gasteiger partial charge in [0, 0.05) is 46.3 Å². The summed E-state index contributed by atoms with van der Waals surface area (Å²) in [5.41, 5.74) is 1.21. The molecule has 0 spiro atoms. The zero-order valence-electron chi connectivity index (χ0n) is 18.6. The van der Waals surface area contributed by atoms with Crippen molar-refractivity contribution < 1.29 is 23.4 Å². The molecule has 1 atom stereocenters. The normalized spacial score (nSPS) is 14.8. The second kappa shape index (κ2) is 9.65. The van der Waals surface area contributed by atoms with E-state index in [1.807, 2.05) is 4.90 Å². The molecule has 1 aliphatic heterocycles. The fraction of sp³-hybridized carbons (Fsp3) is 0.250. The first kappa shape index (κ1) is 23.3. The lowest BCUT2D eigenvalue weighted by Gasteiger charge is -2.29. The topological polar surface area (TPSA) is 93.5 Å². The number of hydrogen-bond acceptors (Lipinski definition) is 8. The lowest BCUT2D eigenvalue weighted by atomic mass is 9.97. The maximum atomic E-state index is 15.4. The van der Waals surface area contributed by atoms with Crippen molar-refractivity contribution in [1.29, 1.82) is 0 Å². The number of aliphatic hydroxyl groups is 1. The van der Waals surface area contributed by atoms with Crippen LogP contribution in [-0.4, -0.2) is 58.9 Å². The van der Waals surface area contributed by atoms with E-state index in [1.54, 1.807) is 18.2 Å². The van der Waals surface area contributed by atoms with Crippen molar-refractivity contribution in [2.45, 2.75) is 6.10 Å². The number of anilines is 1. The lowest BCUT2D eigenvalue weighted by Crippen LogP contribution is -2.36. The molecule has 0 radical (unpaired) electrons. The quantitative estimate of drug-likeness (QED) is 0.441. The molecule has 1 saturated heterocycles. The summed E-state index contributed by atoms with van der Waals surface area (Å²) in [4.78, 5) is 1.87. The Kier molecular flexibility index (Phi) is 6.42. The number of fused-ring (bicyclic) bond motifs is 1. The van der Waals surface area contributed by atoms with Crippen LogP contribution in [0.2, 0.25) is 5.02 Å². The van der Waals surface area contributed by atoms with E-state index >= 15 is 8.78 Å². The molecule has 4 aromatic rings. The summed E-state index contributed by atoms with van der Waals surface area (Å²) in [6.45, 7) is 2.11. The fourth-order valence-electron chi connectivity index (χ4n) is 4.07. The van der Waals surface area contributed by atoms with Gasteiger partial charge in [-0.05, 0) is 30.3 Å². The predicted molar refractivity (Wildman–Crippen MR) is 126 cm³/mol. The van der Waals surface area contributed by atoms with Crippen molar-refractivity contribution in [2.75, 3.05) is 38.3 Å². The molecule has 180 valence electrons. The molecule has 5 rings (SSSR count). The summed E-state index contributed by atoms with van der Waals surface area (Å²) in [5.74, 6) is -0.916. The minimum absolute atomic E-state index is 0.00322. The second-order valence-electron chi connectivity index (χ2n) is 7.91. The minimum Gasteiger partial charge on any atom is -0.480 e. The van der Waals surface area contributed by atoms with Crippen LogP contribution in [0.3, 0.4) is 0 Å². The number of ether oxygens (including phenoxy) is 2. The van der Waals surface area contributed by atoms with Crippen LogP contribution in [0, 0.1) is 11.6 Å². The Morgan fingerprint density at radius 3 is 2.57 bits per heavy atom.